The number of aromatic hydroxyl groups is 1. The molecule has 0 spiro atoms. The lowest BCUT2D eigenvalue weighted by Crippen LogP contribution is -2.34. The number of benzene rings is 3. The highest BCUT2D eigenvalue weighted by Gasteiger charge is 2.19. The van der Waals surface area contributed by atoms with Crippen molar-refractivity contribution in [3.05, 3.63) is 87.1 Å². The number of halogens is 3. The molecule has 0 radical (unpaired) electrons. The fraction of sp³-hybridized carbons (Fsp3) is 0.0500. The highest BCUT2D eigenvalue weighted by atomic mass is 79.9. The predicted octanol–water partition coefficient (Wildman–Crippen LogP) is 6.30. The largest absolute Gasteiger partial charge is 0.506 e. The number of anilines is 2. The molecule has 0 aliphatic carbocycles. The summed E-state index contributed by atoms with van der Waals surface area (Å²) in [5, 5.41) is 13.2. The molecule has 0 heterocycles. The van der Waals surface area contributed by atoms with Crippen molar-refractivity contribution in [2.45, 2.75) is 6.54 Å². The number of carbonyl (C=O) groups is 1. The molecular formula is C20H15Br2FN2O2. The summed E-state index contributed by atoms with van der Waals surface area (Å²) in [6.45, 7) is 0.0914. The van der Waals surface area contributed by atoms with Crippen molar-refractivity contribution in [1.29, 1.82) is 0 Å². The van der Waals surface area contributed by atoms with Crippen LogP contribution in [0.3, 0.4) is 0 Å². The Labute approximate surface area is 172 Å². The zero-order chi connectivity index (χ0) is 19.4. The fourth-order valence-corrected chi connectivity index (χ4v) is 3.84. The van der Waals surface area contributed by atoms with Crippen molar-refractivity contribution in [2.75, 3.05) is 10.2 Å². The summed E-state index contributed by atoms with van der Waals surface area (Å²) < 4.78 is 14.6. The molecule has 138 valence electrons. The second-order valence-corrected chi connectivity index (χ2v) is 7.52. The maximum Gasteiger partial charge on any atom is 0.326 e. The van der Waals surface area contributed by atoms with Gasteiger partial charge in [-0.05, 0) is 64.5 Å². The molecule has 0 saturated carbocycles. The quantitative estimate of drug-likeness (QED) is 0.448. The Morgan fingerprint density at radius 2 is 1.70 bits per heavy atom. The SMILES string of the molecule is O=C(Nc1ccccc1)N(Cc1cc(Br)cc(Br)c1O)c1ccc(F)cc1. The lowest BCUT2D eigenvalue weighted by Gasteiger charge is -2.24. The Balaban J connectivity index is 1.95. The highest BCUT2D eigenvalue weighted by Crippen LogP contribution is 2.33. The first-order valence-electron chi connectivity index (χ1n) is 8.00. The lowest BCUT2D eigenvalue weighted by atomic mass is 10.1. The van der Waals surface area contributed by atoms with E-state index < -0.39 is 11.8 Å². The van der Waals surface area contributed by atoms with E-state index in [9.17, 15) is 14.3 Å². The molecule has 0 bridgehead atoms. The molecule has 3 rings (SSSR count). The summed E-state index contributed by atoms with van der Waals surface area (Å²) in [6, 6.07) is 17.7. The number of nitrogens with one attached hydrogen (secondary N) is 1. The van der Waals surface area contributed by atoms with Crippen molar-refractivity contribution in [3.8, 4) is 5.75 Å². The van der Waals surface area contributed by atoms with E-state index in [2.05, 4.69) is 37.2 Å². The van der Waals surface area contributed by atoms with E-state index in [1.165, 1.54) is 29.2 Å². The second kappa shape index (κ2) is 8.54. The van der Waals surface area contributed by atoms with Gasteiger partial charge in [-0.15, -0.1) is 0 Å². The van der Waals surface area contributed by atoms with Crippen LogP contribution >= 0.6 is 31.9 Å². The van der Waals surface area contributed by atoms with Gasteiger partial charge in [-0.3, -0.25) is 4.90 Å². The minimum atomic E-state index is -0.400. The van der Waals surface area contributed by atoms with Crippen molar-refractivity contribution >= 4 is 49.3 Å². The van der Waals surface area contributed by atoms with Crippen LogP contribution < -0.4 is 10.2 Å². The van der Waals surface area contributed by atoms with Gasteiger partial charge >= 0.3 is 6.03 Å². The van der Waals surface area contributed by atoms with Gasteiger partial charge < -0.3 is 10.4 Å². The third kappa shape index (κ3) is 4.87. The number of para-hydroxylation sites is 1. The molecule has 2 N–H and O–H groups in total. The third-order valence-electron chi connectivity index (χ3n) is 3.84. The van der Waals surface area contributed by atoms with Gasteiger partial charge in [-0.2, -0.15) is 0 Å². The topological polar surface area (TPSA) is 52.6 Å². The second-order valence-electron chi connectivity index (χ2n) is 5.75. The number of phenols is 1. The Bertz CT molecular complexity index is 950. The Hall–Kier alpha value is -2.38. The molecule has 0 aromatic heterocycles. The molecule has 4 nitrogen and oxygen atoms in total. The first-order chi connectivity index (χ1) is 12.9. The summed E-state index contributed by atoms with van der Waals surface area (Å²) in [7, 11) is 0. The Morgan fingerprint density at radius 1 is 1.04 bits per heavy atom. The third-order valence-corrected chi connectivity index (χ3v) is 4.91. The van der Waals surface area contributed by atoms with Crippen molar-refractivity contribution in [3.63, 3.8) is 0 Å². The minimum Gasteiger partial charge on any atom is -0.506 e. The first-order valence-corrected chi connectivity index (χ1v) is 9.58. The van der Waals surface area contributed by atoms with Gasteiger partial charge in [0.2, 0.25) is 0 Å². The number of nitrogens with zero attached hydrogens (tertiary/aromatic N) is 1. The average molecular weight is 494 g/mol. The summed E-state index contributed by atoms with van der Waals surface area (Å²) in [4.78, 5) is 14.3. The molecule has 0 aliphatic rings. The maximum absolute atomic E-state index is 13.3. The number of hydrogen-bond donors (Lipinski definition) is 2. The maximum atomic E-state index is 13.3. The van der Waals surface area contributed by atoms with Crippen LogP contribution in [0.5, 0.6) is 5.75 Å². The van der Waals surface area contributed by atoms with Gasteiger partial charge in [0.05, 0.1) is 11.0 Å². The van der Waals surface area contributed by atoms with Crippen LogP contribution in [-0.4, -0.2) is 11.1 Å². The number of hydrogen-bond acceptors (Lipinski definition) is 2. The van der Waals surface area contributed by atoms with E-state index in [4.69, 9.17) is 0 Å². The van der Waals surface area contributed by atoms with Gasteiger partial charge in [0.25, 0.3) is 0 Å². The van der Waals surface area contributed by atoms with Crippen LogP contribution in [0.1, 0.15) is 5.56 Å². The standard InChI is InChI=1S/C20H15Br2FN2O2/c21-14-10-13(19(26)18(22)11-14)12-25(17-8-6-15(23)7-9-17)20(27)24-16-4-2-1-3-5-16/h1-11,26H,12H2,(H,24,27). The Morgan fingerprint density at radius 3 is 2.37 bits per heavy atom. The molecule has 0 aliphatic heterocycles. The molecule has 3 aromatic carbocycles. The number of urea groups is 1. The van der Waals surface area contributed by atoms with Crippen LogP contribution in [-0.2, 0) is 6.54 Å². The average Bonchev–Trinajstić information content (AvgIpc) is 2.65. The first kappa shape index (κ1) is 19.4. The molecular weight excluding hydrogens is 479 g/mol. The van der Waals surface area contributed by atoms with Crippen molar-refractivity contribution in [1.82, 2.24) is 0 Å². The van der Waals surface area contributed by atoms with E-state index in [1.54, 1.807) is 24.3 Å². The summed E-state index contributed by atoms with van der Waals surface area (Å²) in [5.41, 5.74) is 1.67. The number of amides is 2. The number of rotatable bonds is 4. The predicted molar refractivity (Wildman–Crippen MR) is 112 cm³/mol. The molecule has 0 atom stereocenters. The van der Waals surface area contributed by atoms with Gasteiger partial charge in [-0.25, -0.2) is 9.18 Å². The highest BCUT2D eigenvalue weighted by molar-refractivity contribution is 9.11. The van der Waals surface area contributed by atoms with Gasteiger partial charge in [0.15, 0.2) is 0 Å². The summed E-state index contributed by atoms with van der Waals surface area (Å²) >= 11 is 6.68. The van der Waals surface area contributed by atoms with E-state index in [-0.39, 0.29) is 12.3 Å². The smallest absolute Gasteiger partial charge is 0.326 e. The summed E-state index contributed by atoms with van der Waals surface area (Å²) in [5.74, 6) is -0.354. The van der Waals surface area contributed by atoms with Gasteiger partial charge in [0, 0.05) is 21.4 Å². The van der Waals surface area contributed by atoms with Crippen molar-refractivity contribution < 1.29 is 14.3 Å². The molecule has 0 fully saturated rings. The van der Waals surface area contributed by atoms with Gasteiger partial charge in [-0.1, -0.05) is 34.1 Å². The molecule has 7 heteroatoms. The molecule has 2 amide bonds. The van der Waals surface area contributed by atoms with Crippen molar-refractivity contribution in [2.24, 2.45) is 0 Å². The Kier molecular flexibility index (Phi) is 6.13. The monoisotopic (exact) mass is 492 g/mol. The van der Waals surface area contributed by atoms with Gasteiger partial charge in [0.1, 0.15) is 11.6 Å². The van der Waals surface area contributed by atoms with E-state index in [1.807, 2.05) is 18.2 Å². The van der Waals surface area contributed by atoms with Crippen LogP contribution in [0.15, 0.2) is 75.7 Å². The molecule has 27 heavy (non-hydrogen) atoms. The fourth-order valence-electron chi connectivity index (χ4n) is 2.52. The lowest BCUT2D eigenvalue weighted by molar-refractivity contribution is 0.256. The zero-order valence-electron chi connectivity index (χ0n) is 14.0. The molecule has 0 saturated heterocycles. The normalized spacial score (nSPS) is 10.5. The van der Waals surface area contributed by atoms with Crippen LogP contribution in [0.4, 0.5) is 20.6 Å². The van der Waals surface area contributed by atoms with E-state index in [0.29, 0.717) is 21.4 Å². The number of carbonyl (C=O) groups excluding carboxylic acids is 1. The van der Waals surface area contributed by atoms with Crippen LogP contribution in [0.25, 0.3) is 0 Å². The van der Waals surface area contributed by atoms with E-state index in [0.717, 1.165) is 4.47 Å². The molecule has 0 unspecified atom stereocenters. The van der Waals surface area contributed by atoms with E-state index >= 15 is 0 Å². The van der Waals surface area contributed by atoms with Crippen LogP contribution in [0, 0.1) is 5.82 Å². The minimum absolute atomic E-state index is 0.0397. The zero-order valence-corrected chi connectivity index (χ0v) is 17.2. The number of phenolic OH excluding ortho intramolecular Hbond substituents is 1. The van der Waals surface area contributed by atoms with Crippen LogP contribution in [0.2, 0.25) is 0 Å². The molecule has 3 aromatic rings. The summed E-state index contributed by atoms with van der Waals surface area (Å²) in [6.07, 6.45) is 0.